The summed E-state index contributed by atoms with van der Waals surface area (Å²) in [6, 6.07) is 0.865. The zero-order chi connectivity index (χ0) is 9.10. The molecule has 2 rings (SSSR count). The highest BCUT2D eigenvalue weighted by Crippen LogP contribution is 2.28. The van der Waals surface area contributed by atoms with E-state index in [9.17, 15) is 0 Å². The minimum absolute atomic E-state index is 0.865. The van der Waals surface area contributed by atoms with Crippen molar-refractivity contribution < 1.29 is 0 Å². The fraction of sp³-hybridized carbons (Fsp3) is 0.833. The van der Waals surface area contributed by atoms with Crippen molar-refractivity contribution in [2.24, 2.45) is 0 Å². The van der Waals surface area contributed by atoms with Crippen molar-refractivity contribution in [1.29, 1.82) is 0 Å². The standard InChI is InChI=1S/C12H21N/c1-13(12-9-5-6-10-12)11-7-3-2-4-8-11/h7,12H,2-6,8-10H2,1H3. The molecule has 1 saturated carbocycles. The van der Waals surface area contributed by atoms with Gasteiger partial charge in [0.05, 0.1) is 0 Å². The van der Waals surface area contributed by atoms with Gasteiger partial charge in [-0.15, -0.1) is 0 Å². The molecule has 0 aromatic rings. The smallest absolute Gasteiger partial charge is 0.0283 e. The Morgan fingerprint density at radius 1 is 1.15 bits per heavy atom. The molecule has 0 heterocycles. The van der Waals surface area contributed by atoms with Crippen LogP contribution in [0.4, 0.5) is 0 Å². The van der Waals surface area contributed by atoms with Crippen LogP contribution in [0.1, 0.15) is 51.4 Å². The van der Waals surface area contributed by atoms with E-state index in [1.165, 1.54) is 51.4 Å². The number of hydrogen-bond donors (Lipinski definition) is 0. The summed E-state index contributed by atoms with van der Waals surface area (Å²) in [5.74, 6) is 0. The minimum Gasteiger partial charge on any atom is -0.375 e. The van der Waals surface area contributed by atoms with E-state index in [-0.39, 0.29) is 0 Å². The first kappa shape index (κ1) is 9.11. The topological polar surface area (TPSA) is 3.24 Å². The Morgan fingerprint density at radius 3 is 2.54 bits per heavy atom. The van der Waals surface area contributed by atoms with Crippen LogP contribution < -0.4 is 0 Å². The lowest BCUT2D eigenvalue weighted by Gasteiger charge is -2.31. The number of allylic oxidation sites excluding steroid dienone is 2. The molecule has 0 atom stereocenters. The Labute approximate surface area is 81.8 Å². The van der Waals surface area contributed by atoms with Crippen molar-refractivity contribution in [3.05, 3.63) is 11.8 Å². The van der Waals surface area contributed by atoms with E-state index in [0.717, 1.165) is 6.04 Å². The van der Waals surface area contributed by atoms with Crippen LogP contribution in [0.5, 0.6) is 0 Å². The Bertz CT molecular complexity index is 189. The van der Waals surface area contributed by atoms with Crippen LogP contribution in [0, 0.1) is 0 Å². The molecule has 0 unspecified atom stereocenters. The third-order valence-corrected chi connectivity index (χ3v) is 3.59. The van der Waals surface area contributed by atoms with Crippen molar-refractivity contribution in [3.63, 3.8) is 0 Å². The van der Waals surface area contributed by atoms with E-state index in [0.29, 0.717) is 0 Å². The summed E-state index contributed by atoms with van der Waals surface area (Å²) >= 11 is 0. The van der Waals surface area contributed by atoms with Crippen LogP contribution in [0.25, 0.3) is 0 Å². The molecule has 0 spiro atoms. The van der Waals surface area contributed by atoms with Gasteiger partial charge in [-0.3, -0.25) is 0 Å². The van der Waals surface area contributed by atoms with Crippen molar-refractivity contribution in [3.8, 4) is 0 Å². The predicted molar refractivity (Wildman–Crippen MR) is 56.6 cm³/mol. The third-order valence-electron chi connectivity index (χ3n) is 3.59. The second kappa shape index (κ2) is 4.17. The van der Waals surface area contributed by atoms with Crippen LogP contribution >= 0.6 is 0 Å². The molecule has 2 aliphatic rings. The van der Waals surface area contributed by atoms with Crippen LogP contribution in [0.3, 0.4) is 0 Å². The maximum absolute atomic E-state index is 2.56. The van der Waals surface area contributed by atoms with Crippen molar-refractivity contribution in [1.82, 2.24) is 4.90 Å². The highest BCUT2D eigenvalue weighted by Gasteiger charge is 2.21. The molecule has 2 aliphatic carbocycles. The minimum atomic E-state index is 0.865. The van der Waals surface area contributed by atoms with Crippen LogP contribution in [0.15, 0.2) is 11.8 Å². The van der Waals surface area contributed by atoms with E-state index in [4.69, 9.17) is 0 Å². The molecule has 0 saturated heterocycles. The van der Waals surface area contributed by atoms with E-state index in [1.807, 2.05) is 0 Å². The zero-order valence-corrected chi connectivity index (χ0v) is 8.76. The van der Waals surface area contributed by atoms with Crippen molar-refractivity contribution in [2.75, 3.05) is 7.05 Å². The normalized spacial score (nSPS) is 24.5. The lowest BCUT2D eigenvalue weighted by molar-refractivity contribution is 0.290. The van der Waals surface area contributed by atoms with Gasteiger partial charge >= 0.3 is 0 Å². The number of nitrogens with zero attached hydrogens (tertiary/aromatic N) is 1. The fourth-order valence-corrected chi connectivity index (χ4v) is 2.67. The average molecular weight is 179 g/mol. The van der Waals surface area contributed by atoms with Gasteiger partial charge in [0.25, 0.3) is 0 Å². The van der Waals surface area contributed by atoms with Gasteiger partial charge in [0, 0.05) is 18.8 Å². The molecule has 1 nitrogen and oxygen atoms in total. The summed E-state index contributed by atoms with van der Waals surface area (Å²) in [6.07, 6.45) is 13.7. The highest BCUT2D eigenvalue weighted by atomic mass is 15.1. The van der Waals surface area contributed by atoms with Crippen molar-refractivity contribution in [2.45, 2.75) is 57.4 Å². The van der Waals surface area contributed by atoms with Gasteiger partial charge in [0.15, 0.2) is 0 Å². The number of hydrogen-bond acceptors (Lipinski definition) is 1. The summed E-state index contributed by atoms with van der Waals surface area (Å²) < 4.78 is 0. The molecule has 0 amide bonds. The first-order valence-corrected chi connectivity index (χ1v) is 5.80. The molecule has 0 aliphatic heterocycles. The van der Waals surface area contributed by atoms with E-state index >= 15 is 0 Å². The van der Waals surface area contributed by atoms with E-state index in [1.54, 1.807) is 5.70 Å². The molecule has 0 N–H and O–H groups in total. The van der Waals surface area contributed by atoms with Gasteiger partial charge < -0.3 is 4.90 Å². The average Bonchev–Trinajstić information content (AvgIpc) is 2.71. The van der Waals surface area contributed by atoms with Gasteiger partial charge in [-0.25, -0.2) is 0 Å². The lowest BCUT2D eigenvalue weighted by Crippen LogP contribution is -2.29. The van der Waals surface area contributed by atoms with Crippen LogP contribution in [0.2, 0.25) is 0 Å². The molecule has 0 radical (unpaired) electrons. The lowest BCUT2D eigenvalue weighted by atomic mass is 10.0. The van der Waals surface area contributed by atoms with Gasteiger partial charge in [0.2, 0.25) is 0 Å². The van der Waals surface area contributed by atoms with Gasteiger partial charge in [-0.2, -0.15) is 0 Å². The first-order valence-electron chi connectivity index (χ1n) is 5.80. The zero-order valence-electron chi connectivity index (χ0n) is 8.76. The molecule has 0 aromatic carbocycles. The van der Waals surface area contributed by atoms with Gasteiger partial charge in [-0.05, 0) is 38.5 Å². The predicted octanol–water partition coefficient (Wildman–Crippen LogP) is 3.32. The van der Waals surface area contributed by atoms with Crippen LogP contribution in [-0.4, -0.2) is 18.0 Å². The fourth-order valence-electron chi connectivity index (χ4n) is 2.67. The first-order chi connectivity index (χ1) is 6.38. The van der Waals surface area contributed by atoms with Gasteiger partial charge in [-0.1, -0.05) is 18.9 Å². The van der Waals surface area contributed by atoms with Crippen LogP contribution in [-0.2, 0) is 0 Å². The van der Waals surface area contributed by atoms with E-state index < -0.39 is 0 Å². The summed E-state index contributed by atoms with van der Waals surface area (Å²) in [6.45, 7) is 0. The Morgan fingerprint density at radius 2 is 1.92 bits per heavy atom. The number of rotatable bonds is 2. The van der Waals surface area contributed by atoms with Crippen molar-refractivity contribution >= 4 is 0 Å². The Kier molecular flexibility index (Phi) is 2.92. The third kappa shape index (κ3) is 2.07. The maximum Gasteiger partial charge on any atom is 0.0283 e. The molecule has 0 bridgehead atoms. The SMILES string of the molecule is CN(C1=CCCCC1)C1CCCC1. The molecule has 13 heavy (non-hydrogen) atoms. The largest absolute Gasteiger partial charge is 0.375 e. The molecular formula is C12H21N. The monoisotopic (exact) mass is 179 g/mol. The summed E-state index contributed by atoms with van der Waals surface area (Å²) in [5.41, 5.74) is 1.62. The molecular weight excluding hydrogens is 158 g/mol. The molecule has 1 fully saturated rings. The molecule has 0 aromatic heterocycles. The Hall–Kier alpha value is -0.460. The quantitative estimate of drug-likeness (QED) is 0.628. The second-order valence-corrected chi connectivity index (χ2v) is 4.49. The van der Waals surface area contributed by atoms with E-state index in [2.05, 4.69) is 18.0 Å². The van der Waals surface area contributed by atoms with Gasteiger partial charge in [0.1, 0.15) is 0 Å². The molecule has 74 valence electrons. The summed E-state index contributed by atoms with van der Waals surface area (Å²) in [5, 5.41) is 0. The highest BCUT2D eigenvalue weighted by molar-refractivity contribution is 5.05. The summed E-state index contributed by atoms with van der Waals surface area (Å²) in [4.78, 5) is 2.56. The maximum atomic E-state index is 2.56. The second-order valence-electron chi connectivity index (χ2n) is 4.49. The Balaban J connectivity index is 1.94. The molecule has 1 heteroatoms. The summed E-state index contributed by atoms with van der Waals surface area (Å²) in [7, 11) is 2.30.